The van der Waals surface area contributed by atoms with Crippen LogP contribution in [0.1, 0.15) is 41.2 Å². The predicted molar refractivity (Wildman–Crippen MR) is 107 cm³/mol. The average molecular weight is 381 g/mol. The van der Waals surface area contributed by atoms with E-state index in [1.54, 1.807) is 6.33 Å². The Morgan fingerprint density at radius 3 is 2.43 bits per heavy atom. The first-order valence-corrected chi connectivity index (χ1v) is 9.80. The van der Waals surface area contributed by atoms with Gasteiger partial charge in [0.15, 0.2) is 0 Å². The molecule has 1 fully saturated rings. The van der Waals surface area contributed by atoms with Gasteiger partial charge in [0.1, 0.15) is 18.0 Å². The molecule has 148 valence electrons. The van der Waals surface area contributed by atoms with Crippen LogP contribution in [-0.2, 0) is 0 Å². The van der Waals surface area contributed by atoms with E-state index in [0.717, 1.165) is 66.0 Å². The summed E-state index contributed by atoms with van der Waals surface area (Å²) in [6.45, 7) is 12.7. The molecule has 0 saturated carbocycles. The highest BCUT2D eigenvalue weighted by atomic mass is 16.5. The SMILES string of the molecule is Cc1nc(C)c(C)c(OCC2CCN(c3c(C)c(C)nc4ncnn34)CC2)n1. The van der Waals surface area contributed by atoms with Crippen molar-refractivity contribution in [2.75, 3.05) is 24.6 Å². The van der Waals surface area contributed by atoms with Crippen LogP contribution < -0.4 is 9.64 Å². The summed E-state index contributed by atoms with van der Waals surface area (Å²) >= 11 is 0. The van der Waals surface area contributed by atoms with Gasteiger partial charge in [0.25, 0.3) is 5.78 Å². The lowest BCUT2D eigenvalue weighted by molar-refractivity contribution is 0.213. The van der Waals surface area contributed by atoms with Crippen LogP contribution in [0.4, 0.5) is 5.82 Å². The molecule has 1 aliphatic rings. The van der Waals surface area contributed by atoms with E-state index < -0.39 is 0 Å². The second kappa shape index (κ2) is 7.33. The normalized spacial score (nSPS) is 15.4. The van der Waals surface area contributed by atoms with Gasteiger partial charge in [0.05, 0.1) is 6.61 Å². The zero-order valence-electron chi connectivity index (χ0n) is 17.2. The van der Waals surface area contributed by atoms with Crippen molar-refractivity contribution < 1.29 is 4.74 Å². The molecule has 0 unspecified atom stereocenters. The van der Waals surface area contributed by atoms with Gasteiger partial charge in [-0.1, -0.05) is 0 Å². The second-order valence-corrected chi connectivity index (χ2v) is 7.65. The fourth-order valence-corrected chi connectivity index (χ4v) is 3.77. The molecular weight excluding hydrogens is 354 g/mol. The Hall–Kier alpha value is -2.77. The number of fused-ring (bicyclic) bond motifs is 1. The lowest BCUT2D eigenvalue weighted by Crippen LogP contribution is -2.37. The highest BCUT2D eigenvalue weighted by Gasteiger charge is 2.24. The molecule has 0 aliphatic carbocycles. The largest absolute Gasteiger partial charge is 0.477 e. The van der Waals surface area contributed by atoms with Crippen LogP contribution in [0.25, 0.3) is 5.78 Å². The monoisotopic (exact) mass is 381 g/mol. The summed E-state index contributed by atoms with van der Waals surface area (Å²) in [5.74, 6) is 3.76. The van der Waals surface area contributed by atoms with Gasteiger partial charge in [0.2, 0.25) is 5.88 Å². The topological polar surface area (TPSA) is 81.3 Å². The maximum Gasteiger partial charge on any atom is 0.254 e. The molecule has 3 aromatic heterocycles. The fraction of sp³-hybridized carbons (Fsp3) is 0.550. The van der Waals surface area contributed by atoms with Crippen molar-refractivity contribution in [1.29, 1.82) is 0 Å². The summed E-state index contributed by atoms with van der Waals surface area (Å²) in [4.78, 5) is 20.0. The summed E-state index contributed by atoms with van der Waals surface area (Å²) in [6, 6.07) is 0. The van der Waals surface area contributed by atoms with Crippen molar-refractivity contribution in [1.82, 2.24) is 29.5 Å². The Kier molecular flexibility index (Phi) is 4.87. The number of aryl methyl sites for hydroxylation is 3. The van der Waals surface area contributed by atoms with Crippen LogP contribution in [0.3, 0.4) is 0 Å². The van der Waals surface area contributed by atoms with Crippen molar-refractivity contribution in [2.24, 2.45) is 5.92 Å². The minimum absolute atomic E-state index is 0.515. The number of aromatic nitrogens is 6. The summed E-state index contributed by atoms with van der Waals surface area (Å²) in [6.07, 6.45) is 3.71. The Morgan fingerprint density at radius 2 is 1.68 bits per heavy atom. The Morgan fingerprint density at radius 1 is 0.964 bits per heavy atom. The Bertz CT molecular complexity index is 1010. The van der Waals surface area contributed by atoms with E-state index in [9.17, 15) is 0 Å². The van der Waals surface area contributed by atoms with Gasteiger partial charge in [-0.15, -0.1) is 0 Å². The maximum absolute atomic E-state index is 6.07. The molecule has 4 rings (SSSR count). The first kappa shape index (κ1) is 18.6. The number of hydrogen-bond donors (Lipinski definition) is 0. The smallest absolute Gasteiger partial charge is 0.254 e. The molecule has 0 N–H and O–H groups in total. The molecule has 0 atom stereocenters. The molecule has 0 bridgehead atoms. The number of nitrogens with zero attached hydrogens (tertiary/aromatic N) is 7. The standard InChI is InChI=1S/C20H27N7O/c1-12-14(3)23-16(5)25-18(12)28-10-17-6-8-26(9-7-17)19-13(2)15(4)24-20-21-11-22-27(19)20/h11,17H,6-10H2,1-5H3. The van der Waals surface area contributed by atoms with Gasteiger partial charge in [-0.05, 0) is 53.4 Å². The first-order valence-electron chi connectivity index (χ1n) is 9.80. The van der Waals surface area contributed by atoms with Crippen LogP contribution in [0, 0.1) is 40.5 Å². The molecule has 28 heavy (non-hydrogen) atoms. The van der Waals surface area contributed by atoms with E-state index in [-0.39, 0.29) is 0 Å². The second-order valence-electron chi connectivity index (χ2n) is 7.65. The van der Waals surface area contributed by atoms with Crippen LogP contribution in [0.15, 0.2) is 6.33 Å². The maximum atomic E-state index is 6.07. The molecule has 0 amide bonds. The van der Waals surface area contributed by atoms with Crippen molar-refractivity contribution in [3.8, 4) is 5.88 Å². The summed E-state index contributed by atoms with van der Waals surface area (Å²) in [5.41, 5.74) is 4.18. The first-order chi connectivity index (χ1) is 13.4. The van der Waals surface area contributed by atoms with Gasteiger partial charge in [-0.25, -0.2) is 9.97 Å². The van der Waals surface area contributed by atoms with Gasteiger partial charge in [-0.3, -0.25) is 0 Å². The Labute approximate surface area is 165 Å². The molecule has 8 nitrogen and oxygen atoms in total. The van der Waals surface area contributed by atoms with Crippen molar-refractivity contribution in [3.63, 3.8) is 0 Å². The molecule has 8 heteroatoms. The molecule has 0 radical (unpaired) electrons. The fourth-order valence-electron chi connectivity index (χ4n) is 3.77. The van der Waals surface area contributed by atoms with Gasteiger partial charge < -0.3 is 9.64 Å². The van der Waals surface area contributed by atoms with Gasteiger partial charge in [-0.2, -0.15) is 19.6 Å². The number of piperidine rings is 1. The van der Waals surface area contributed by atoms with Crippen LogP contribution in [0.5, 0.6) is 5.88 Å². The molecule has 1 saturated heterocycles. The number of anilines is 1. The third-order valence-electron chi connectivity index (χ3n) is 5.70. The van der Waals surface area contributed by atoms with Gasteiger partial charge >= 0.3 is 0 Å². The lowest BCUT2D eigenvalue weighted by Gasteiger charge is -2.34. The number of ether oxygens (including phenoxy) is 1. The molecule has 0 aromatic carbocycles. The molecule has 4 heterocycles. The highest BCUT2D eigenvalue weighted by molar-refractivity contribution is 5.54. The molecule has 0 spiro atoms. The summed E-state index contributed by atoms with van der Waals surface area (Å²) < 4.78 is 7.93. The van der Waals surface area contributed by atoms with Crippen LogP contribution in [0.2, 0.25) is 0 Å². The quantitative estimate of drug-likeness (QED) is 0.687. The molecule has 1 aliphatic heterocycles. The van der Waals surface area contributed by atoms with Crippen molar-refractivity contribution in [2.45, 2.75) is 47.5 Å². The van der Waals surface area contributed by atoms with Crippen molar-refractivity contribution >= 4 is 11.6 Å². The summed E-state index contributed by atoms with van der Waals surface area (Å²) in [5, 5.41) is 4.38. The molecule has 3 aromatic rings. The van der Waals surface area contributed by atoms with E-state index in [1.165, 1.54) is 0 Å². The Balaban J connectivity index is 1.43. The van der Waals surface area contributed by atoms with E-state index in [1.807, 2.05) is 32.2 Å². The highest BCUT2D eigenvalue weighted by Crippen LogP contribution is 2.28. The van der Waals surface area contributed by atoms with Crippen LogP contribution in [-0.4, -0.2) is 49.2 Å². The third-order valence-corrected chi connectivity index (χ3v) is 5.70. The van der Waals surface area contributed by atoms with E-state index >= 15 is 0 Å². The zero-order chi connectivity index (χ0) is 19.8. The van der Waals surface area contributed by atoms with E-state index in [0.29, 0.717) is 18.3 Å². The zero-order valence-corrected chi connectivity index (χ0v) is 17.2. The number of hydrogen-bond acceptors (Lipinski definition) is 7. The predicted octanol–water partition coefficient (Wildman–Crippen LogP) is 2.75. The van der Waals surface area contributed by atoms with E-state index in [4.69, 9.17) is 4.74 Å². The third kappa shape index (κ3) is 3.39. The minimum Gasteiger partial charge on any atom is -0.477 e. The summed E-state index contributed by atoms with van der Waals surface area (Å²) in [7, 11) is 0. The average Bonchev–Trinajstić information content (AvgIpc) is 3.12. The van der Waals surface area contributed by atoms with Crippen molar-refractivity contribution in [3.05, 3.63) is 34.7 Å². The lowest BCUT2D eigenvalue weighted by atomic mass is 9.97. The van der Waals surface area contributed by atoms with E-state index in [2.05, 4.69) is 36.9 Å². The molecular formula is C20H27N7O. The number of rotatable bonds is 4. The van der Waals surface area contributed by atoms with Gasteiger partial charge in [0, 0.05) is 35.6 Å². The van der Waals surface area contributed by atoms with Crippen LogP contribution >= 0.6 is 0 Å². The minimum atomic E-state index is 0.515.